The fourth-order valence-electron chi connectivity index (χ4n) is 3.24. The van der Waals surface area contributed by atoms with E-state index in [9.17, 15) is 0 Å². The Morgan fingerprint density at radius 2 is 1.31 bits per heavy atom. The van der Waals surface area contributed by atoms with E-state index in [0.29, 0.717) is 28.0 Å². The standard InChI is InChI=1S/C20H21ClO5/c1-22-14-7-6-11(8-15(14)23-2)18-19(21)12-9-16(24-3)17(25-4)10-13(12)20(18)26-5/h6-10,20H,1-5H3. The van der Waals surface area contributed by atoms with Gasteiger partial charge in [-0.25, -0.2) is 0 Å². The second-order valence-electron chi connectivity index (χ2n) is 5.71. The number of rotatable bonds is 6. The molecule has 0 spiro atoms. The van der Waals surface area contributed by atoms with Gasteiger partial charge in [-0.3, -0.25) is 0 Å². The third-order valence-electron chi connectivity index (χ3n) is 4.50. The highest BCUT2D eigenvalue weighted by atomic mass is 35.5. The maximum absolute atomic E-state index is 6.74. The molecule has 5 nitrogen and oxygen atoms in total. The van der Waals surface area contributed by atoms with Gasteiger partial charge in [0.15, 0.2) is 23.0 Å². The Kier molecular flexibility index (Phi) is 5.30. The first-order valence-electron chi connectivity index (χ1n) is 8.00. The Morgan fingerprint density at radius 3 is 1.88 bits per heavy atom. The van der Waals surface area contributed by atoms with E-state index in [0.717, 1.165) is 22.3 Å². The summed E-state index contributed by atoms with van der Waals surface area (Å²) in [6.45, 7) is 0. The van der Waals surface area contributed by atoms with Crippen LogP contribution in [0.2, 0.25) is 0 Å². The first-order chi connectivity index (χ1) is 12.6. The number of benzene rings is 2. The van der Waals surface area contributed by atoms with E-state index in [4.69, 9.17) is 35.3 Å². The normalized spacial score (nSPS) is 15.7. The van der Waals surface area contributed by atoms with Crippen LogP contribution < -0.4 is 18.9 Å². The topological polar surface area (TPSA) is 46.2 Å². The second-order valence-corrected chi connectivity index (χ2v) is 6.09. The molecule has 0 fully saturated rings. The Hall–Kier alpha value is -2.37. The highest BCUT2D eigenvalue weighted by molar-refractivity contribution is 6.53. The first kappa shape index (κ1) is 18.4. The van der Waals surface area contributed by atoms with Crippen molar-refractivity contribution in [3.8, 4) is 23.0 Å². The van der Waals surface area contributed by atoms with Crippen LogP contribution >= 0.6 is 11.6 Å². The van der Waals surface area contributed by atoms with E-state index in [2.05, 4.69) is 0 Å². The van der Waals surface area contributed by atoms with Crippen molar-refractivity contribution in [3.05, 3.63) is 47.0 Å². The zero-order chi connectivity index (χ0) is 18.8. The van der Waals surface area contributed by atoms with Gasteiger partial charge in [-0.15, -0.1) is 0 Å². The summed E-state index contributed by atoms with van der Waals surface area (Å²) in [5, 5.41) is 0.611. The van der Waals surface area contributed by atoms with Gasteiger partial charge in [0.2, 0.25) is 0 Å². The smallest absolute Gasteiger partial charge is 0.161 e. The summed E-state index contributed by atoms with van der Waals surface area (Å²) >= 11 is 6.74. The van der Waals surface area contributed by atoms with Crippen LogP contribution in [0.5, 0.6) is 23.0 Å². The van der Waals surface area contributed by atoms with Crippen LogP contribution in [0.1, 0.15) is 22.8 Å². The molecule has 1 aliphatic rings. The summed E-state index contributed by atoms with van der Waals surface area (Å²) in [6.07, 6.45) is -0.324. The van der Waals surface area contributed by atoms with Gasteiger partial charge in [-0.1, -0.05) is 17.7 Å². The maximum Gasteiger partial charge on any atom is 0.161 e. The van der Waals surface area contributed by atoms with E-state index in [1.54, 1.807) is 35.5 Å². The molecule has 0 bridgehead atoms. The Balaban J connectivity index is 2.17. The van der Waals surface area contributed by atoms with Crippen molar-refractivity contribution in [1.29, 1.82) is 0 Å². The molecule has 0 heterocycles. The second kappa shape index (κ2) is 7.48. The first-order valence-corrected chi connectivity index (χ1v) is 8.38. The summed E-state index contributed by atoms with van der Waals surface area (Å²) in [4.78, 5) is 0. The lowest BCUT2D eigenvalue weighted by atomic mass is 9.99. The van der Waals surface area contributed by atoms with E-state index in [1.807, 2.05) is 30.3 Å². The van der Waals surface area contributed by atoms with Gasteiger partial charge >= 0.3 is 0 Å². The van der Waals surface area contributed by atoms with Crippen molar-refractivity contribution >= 4 is 22.2 Å². The Bertz CT molecular complexity index is 860. The zero-order valence-corrected chi connectivity index (χ0v) is 16.1. The molecule has 0 saturated heterocycles. The number of ether oxygens (including phenoxy) is 5. The third kappa shape index (κ3) is 2.87. The van der Waals surface area contributed by atoms with E-state index < -0.39 is 0 Å². The minimum atomic E-state index is -0.324. The molecule has 3 rings (SSSR count). The van der Waals surface area contributed by atoms with Crippen molar-refractivity contribution < 1.29 is 23.7 Å². The van der Waals surface area contributed by atoms with Crippen LogP contribution in [-0.4, -0.2) is 35.5 Å². The molecule has 0 amide bonds. The predicted octanol–water partition coefficient (Wildman–Crippen LogP) is 4.53. The fourth-order valence-corrected chi connectivity index (χ4v) is 3.62. The van der Waals surface area contributed by atoms with Crippen LogP contribution in [0.15, 0.2) is 30.3 Å². The molecular formula is C20H21ClO5. The number of hydrogen-bond donors (Lipinski definition) is 0. The van der Waals surface area contributed by atoms with Crippen molar-refractivity contribution in [1.82, 2.24) is 0 Å². The molecule has 1 atom stereocenters. The van der Waals surface area contributed by atoms with Crippen LogP contribution in [0.4, 0.5) is 0 Å². The molecule has 0 saturated carbocycles. The Labute approximate surface area is 158 Å². The van der Waals surface area contributed by atoms with Crippen LogP contribution in [0.3, 0.4) is 0 Å². The molecule has 26 heavy (non-hydrogen) atoms. The SMILES string of the molecule is COc1ccc(C2=C(Cl)c3cc(OC)c(OC)cc3C2OC)cc1OC. The quantitative estimate of drug-likeness (QED) is 0.741. The monoisotopic (exact) mass is 376 g/mol. The minimum Gasteiger partial charge on any atom is -0.493 e. The summed E-state index contributed by atoms with van der Waals surface area (Å²) in [5.74, 6) is 2.53. The molecule has 0 N–H and O–H groups in total. The van der Waals surface area contributed by atoms with Gasteiger partial charge in [0.25, 0.3) is 0 Å². The van der Waals surface area contributed by atoms with Gasteiger partial charge in [0.05, 0.1) is 33.5 Å². The zero-order valence-electron chi connectivity index (χ0n) is 15.4. The molecule has 0 radical (unpaired) electrons. The molecule has 0 aliphatic heterocycles. The highest BCUT2D eigenvalue weighted by Crippen LogP contribution is 2.52. The van der Waals surface area contributed by atoms with E-state index in [1.165, 1.54) is 0 Å². The number of hydrogen-bond acceptors (Lipinski definition) is 5. The molecular weight excluding hydrogens is 356 g/mol. The molecule has 1 unspecified atom stereocenters. The van der Waals surface area contributed by atoms with Crippen LogP contribution in [0, 0.1) is 0 Å². The summed E-state index contributed by atoms with van der Waals surface area (Å²) in [7, 11) is 8.06. The van der Waals surface area contributed by atoms with Crippen molar-refractivity contribution in [2.24, 2.45) is 0 Å². The van der Waals surface area contributed by atoms with Gasteiger partial charge < -0.3 is 23.7 Å². The summed E-state index contributed by atoms with van der Waals surface area (Å²) in [6, 6.07) is 9.45. The van der Waals surface area contributed by atoms with Crippen molar-refractivity contribution in [2.75, 3.05) is 35.5 Å². The van der Waals surface area contributed by atoms with Gasteiger partial charge in [0.1, 0.15) is 6.10 Å². The van der Waals surface area contributed by atoms with Gasteiger partial charge in [-0.2, -0.15) is 0 Å². The third-order valence-corrected chi connectivity index (χ3v) is 4.91. The lowest BCUT2D eigenvalue weighted by molar-refractivity contribution is 0.152. The maximum atomic E-state index is 6.74. The van der Waals surface area contributed by atoms with Crippen LogP contribution in [0.25, 0.3) is 10.6 Å². The molecule has 2 aromatic carbocycles. The average Bonchev–Trinajstić information content (AvgIpc) is 2.97. The number of methoxy groups -OCH3 is 5. The molecule has 1 aliphatic carbocycles. The van der Waals surface area contributed by atoms with E-state index in [-0.39, 0.29) is 6.10 Å². The molecule has 138 valence electrons. The fraction of sp³-hybridized carbons (Fsp3) is 0.300. The number of fused-ring (bicyclic) bond motifs is 1. The van der Waals surface area contributed by atoms with Crippen molar-refractivity contribution in [3.63, 3.8) is 0 Å². The minimum absolute atomic E-state index is 0.324. The largest absolute Gasteiger partial charge is 0.493 e. The summed E-state index contributed by atoms with van der Waals surface area (Å²) < 4.78 is 27.3. The lowest BCUT2D eigenvalue weighted by Crippen LogP contribution is -2.03. The Morgan fingerprint density at radius 1 is 0.731 bits per heavy atom. The molecule has 2 aromatic rings. The number of halogens is 1. The van der Waals surface area contributed by atoms with E-state index >= 15 is 0 Å². The highest BCUT2D eigenvalue weighted by Gasteiger charge is 2.33. The van der Waals surface area contributed by atoms with Crippen molar-refractivity contribution in [2.45, 2.75) is 6.10 Å². The molecule has 0 aromatic heterocycles. The lowest BCUT2D eigenvalue weighted by Gasteiger charge is -2.17. The molecule has 6 heteroatoms. The summed E-state index contributed by atoms with van der Waals surface area (Å²) in [5.41, 5.74) is 3.55. The average molecular weight is 377 g/mol. The predicted molar refractivity (Wildman–Crippen MR) is 102 cm³/mol. The van der Waals surface area contributed by atoms with Gasteiger partial charge in [0, 0.05) is 18.2 Å². The van der Waals surface area contributed by atoms with Crippen LogP contribution in [-0.2, 0) is 4.74 Å². The van der Waals surface area contributed by atoms with Gasteiger partial charge in [-0.05, 0) is 35.4 Å².